The molecule has 0 atom stereocenters. The zero-order valence-corrected chi connectivity index (χ0v) is 13.3. The molecule has 0 aliphatic heterocycles. The zero-order valence-electron chi connectivity index (χ0n) is 9.38. The van der Waals surface area contributed by atoms with Gasteiger partial charge in [0.25, 0.3) is 5.91 Å². The van der Waals surface area contributed by atoms with Crippen molar-refractivity contribution in [1.29, 1.82) is 0 Å². The second-order valence-corrected chi connectivity index (χ2v) is 5.82. The smallest absolute Gasteiger partial charge is 0.259 e. The van der Waals surface area contributed by atoms with E-state index in [-0.39, 0.29) is 5.56 Å². The van der Waals surface area contributed by atoms with Gasteiger partial charge in [-0.1, -0.05) is 17.7 Å². The molecule has 0 saturated heterocycles. The fourth-order valence-electron chi connectivity index (χ4n) is 1.49. The van der Waals surface area contributed by atoms with Gasteiger partial charge >= 0.3 is 0 Å². The van der Waals surface area contributed by atoms with E-state index in [4.69, 9.17) is 11.6 Å². The highest BCUT2D eigenvalue weighted by atomic mass is 79.9. The lowest BCUT2D eigenvalue weighted by Gasteiger charge is -2.09. The highest BCUT2D eigenvalue weighted by Gasteiger charge is 2.16. The summed E-state index contributed by atoms with van der Waals surface area (Å²) in [5.41, 5.74) is 0.432. The second kappa shape index (κ2) is 6.03. The summed E-state index contributed by atoms with van der Waals surface area (Å²) in [4.78, 5) is 12.1. The summed E-state index contributed by atoms with van der Waals surface area (Å²) < 4.78 is 14.7. The minimum Gasteiger partial charge on any atom is -0.321 e. The van der Waals surface area contributed by atoms with E-state index in [2.05, 4.69) is 37.2 Å². The Morgan fingerprint density at radius 2 is 1.89 bits per heavy atom. The van der Waals surface area contributed by atoms with Crippen LogP contribution in [0.2, 0.25) is 5.02 Å². The van der Waals surface area contributed by atoms with Crippen molar-refractivity contribution in [2.45, 2.75) is 0 Å². The summed E-state index contributed by atoms with van der Waals surface area (Å²) in [6.07, 6.45) is 0. The number of anilines is 1. The van der Waals surface area contributed by atoms with Gasteiger partial charge in [0, 0.05) is 14.0 Å². The third kappa shape index (κ3) is 3.35. The summed E-state index contributed by atoms with van der Waals surface area (Å²) in [6, 6.07) is 9.32. The first-order chi connectivity index (χ1) is 8.99. The first kappa shape index (κ1) is 14.5. The number of hydrogen-bond donors (Lipinski definition) is 1. The van der Waals surface area contributed by atoms with Gasteiger partial charge < -0.3 is 5.32 Å². The number of hydrogen-bond acceptors (Lipinski definition) is 1. The SMILES string of the molecule is O=C(Nc1cc(Cl)ccc1Br)c1c(F)cccc1Br. The van der Waals surface area contributed by atoms with E-state index in [1.54, 1.807) is 24.3 Å². The van der Waals surface area contributed by atoms with Crippen LogP contribution in [0.25, 0.3) is 0 Å². The number of halogens is 4. The normalized spacial score (nSPS) is 10.3. The predicted octanol–water partition coefficient (Wildman–Crippen LogP) is 5.26. The van der Waals surface area contributed by atoms with Crippen molar-refractivity contribution < 1.29 is 9.18 Å². The molecule has 2 aromatic carbocycles. The van der Waals surface area contributed by atoms with E-state index in [1.807, 2.05) is 0 Å². The Bertz CT molecular complexity index is 628. The van der Waals surface area contributed by atoms with E-state index >= 15 is 0 Å². The lowest BCUT2D eigenvalue weighted by molar-refractivity contribution is 0.102. The maximum Gasteiger partial charge on any atom is 0.259 e. The van der Waals surface area contributed by atoms with Crippen LogP contribution in [0.5, 0.6) is 0 Å². The minimum absolute atomic E-state index is 0.0469. The van der Waals surface area contributed by atoms with E-state index in [9.17, 15) is 9.18 Å². The van der Waals surface area contributed by atoms with Gasteiger partial charge in [0.15, 0.2) is 0 Å². The van der Waals surface area contributed by atoms with Crippen LogP contribution in [0.15, 0.2) is 45.3 Å². The van der Waals surface area contributed by atoms with Crippen molar-refractivity contribution in [3.63, 3.8) is 0 Å². The van der Waals surface area contributed by atoms with Crippen LogP contribution in [0.3, 0.4) is 0 Å². The van der Waals surface area contributed by atoms with Gasteiger partial charge in [-0.25, -0.2) is 4.39 Å². The predicted molar refractivity (Wildman–Crippen MR) is 81.2 cm³/mol. The molecule has 0 bridgehead atoms. The molecule has 6 heteroatoms. The molecule has 0 fully saturated rings. The van der Waals surface area contributed by atoms with Crippen molar-refractivity contribution >= 4 is 55.1 Å². The molecule has 19 heavy (non-hydrogen) atoms. The van der Waals surface area contributed by atoms with Crippen LogP contribution in [-0.4, -0.2) is 5.91 Å². The molecule has 1 amide bonds. The Labute approximate surface area is 131 Å². The molecule has 0 spiro atoms. The molecule has 0 aliphatic rings. The largest absolute Gasteiger partial charge is 0.321 e. The average molecular weight is 407 g/mol. The fraction of sp³-hybridized carbons (Fsp3) is 0. The molecule has 2 nitrogen and oxygen atoms in total. The highest BCUT2D eigenvalue weighted by molar-refractivity contribution is 9.11. The maximum absolute atomic E-state index is 13.7. The first-order valence-electron chi connectivity index (χ1n) is 5.19. The molecule has 98 valence electrons. The van der Waals surface area contributed by atoms with Crippen LogP contribution in [0, 0.1) is 5.82 Å². The van der Waals surface area contributed by atoms with Gasteiger partial charge in [-0.05, 0) is 62.2 Å². The second-order valence-electron chi connectivity index (χ2n) is 3.67. The number of rotatable bonds is 2. The third-order valence-corrected chi connectivity index (χ3v) is 3.95. The molecule has 2 rings (SSSR count). The van der Waals surface area contributed by atoms with Crippen molar-refractivity contribution in [2.75, 3.05) is 5.32 Å². The topological polar surface area (TPSA) is 29.1 Å². The van der Waals surface area contributed by atoms with Crippen molar-refractivity contribution in [3.8, 4) is 0 Å². The fourth-order valence-corrected chi connectivity index (χ4v) is 2.53. The van der Waals surface area contributed by atoms with Gasteiger partial charge in [0.05, 0.1) is 11.3 Å². The number of amides is 1. The zero-order chi connectivity index (χ0) is 14.0. The van der Waals surface area contributed by atoms with E-state index < -0.39 is 11.7 Å². The van der Waals surface area contributed by atoms with Crippen LogP contribution in [-0.2, 0) is 0 Å². The number of nitrogens with one attached hydrogen (secondary N) is 1. The molecule has 0 saturated carbocycles. The molecule has 0 heterocycles. The van der Waals surface area contributed by atoms with Gasteiger partial charge in [-0.15, -0.1) is 0 Å². The third-order valence-electron chi connectivity index (χ3n) is 2.37. The summed E-state index contributed by atoms with van der Waals surface area (Å²) in [7, 11) is 0. The standard InChI is InChI=1S/C13H7Br2ClFNO/c14-8-5-4-7(16)6-11(8)18-13(19)12-9(15)2-1-3-10(12)17/h1-6H,(H,18,19). The van der Waals surface area contributed by atoms with E-state index in [1.165, 1.54) is 12.1 Å². The lowest BCUT2D eigenvalue weighted by atomic mass is 10.2. The summed E-state index contributed by atoms with van der Waals surface area (Å²) in [6.45, 7) is 0. The van der Waals surface area contributed by atoms with E-state index in [0.717, 1.165) is 0 Å². The summed E-state index contributed by atoms with van der Waals surface area (Å²) in [5, 5.41) is 3.09. The van der Waals surface area contributed by atoms with Gasteiger partial charge in [0.1, 0.15) is 5.82 Å². The van der Waals surface area contributed by atoms with Gasteiger partial charge in [-0.3, -0.25) is 4.79 Å². The number of benzene rings is 2. The highest BCUT2D eigenvalue weighted by Crippen LogP contribution is 2.27. The summed E-state index contributed by atoms with van der Waals surface area (Å²) in [5.74, 6) is -1.14. The molecule has 0 radical (unpaired) electrons. The van der Waals surface area contributed by atoms with Crippen molar-refractivity contribution in [2.24, 2.45) is 0 Å². The average Bonchev–Trinajstić information content (AvgIpc) is 2.33. The lowest BCUT2D eigenvalue weighted by Crippen LogP contribution is -2.14. The minimum atomic E-state index is -0.593. The Hall–Kier alpha value is -0.910. The van der Waals surface area contributed by atoms with Crippen molar-refractivity contribution in [1.82, 2.24) is 0 Å². The molecule has 0 aliphatic carbocycles. The Morgan fingerprint density at radius 1 is 1.16 bits per heavy atom. The van der Waals surface area contributed by atoms with Crippen molar-refractivity contribution in [3.05, 3.63) is 61.7 Å². The molecule has 2 aromatic rings. The molecular formula is C13H7Br2ClFNO. The first-order valence-corrected chi connectivity index (χ1v) is 7.16. The van der Waals surface area contributed by atoms with Crippen LogP contribution >= 0.6 is 43.5 Å². The van der Waals surface area contributed by atoms with Gasteiger partial charge in [-0.2, -0.15) is 0 Å². The quantitative estimate of drug-likeness (QED) is 0.723. The number of carbonyl (C=O) groups is 1. The maximum atomic E-state index is 13.7. The Kier molecular flexibility index (Phi) is 4.60. The van der Waals surface area contributed by atoms with E-state index in [0.29, 0.717) is 19.7 Å². The summed E-state index contributed by atoms with van der Waals surface area (Å²) >= 11 is 12.3. The molecule has 0 aromatic heterocycles. The Morgan fingerprint density at radius 3 is 2.58 bits per heavy atom. The molecule has 1 N–H and O–H groups in total. The van der Waals surface area contributed by atoms with Crippen LogP contribution < -0.4 is 5.32 Å². The Balaban J connectivity index is 2.34. The number of carbonyl (C=O) groups excluding carboxylic acids is 1. The van der Waals surface area contributed by atoms with Crippen LogP contribution in [0.1, 0.15) is 10.4 Å². The monoisotopic (exact) mass is 405 g/mol. The van der Waals surface area contributed by atoms with Gasteiger partial charge in [0.2, 0.25) is 0 Å². The van der Waals surface area contributed by atoms with Crippen LogP contribution in [0.4, 0.5) is 10.1 Å². The molecular weight excluding hydrogens is 400 g/mol. The molecule has 0 unspecified atom stereocenters.